The van der Waals surface area contributed by atoms with Crippen molar-refractivity contribution in [3.63, 3.8) is 0 Å². The van der Waals surface area contributed by atoms with E-state index in [1.165, 1.54) is 12.8 Å². The number of halogens is 1. The Morgan fingerprint density at radius 2 is 2.05 bits per heavy atom. The van der Waals surface area contributed by atoms with E-state index in [9.17, 15) is 0 Å². The lowest BCUT2D eigenvalue weighted by molar-refractivity contribution is 0.123. The van der Waals surface area contributed by atoms with Crippen LogP contribution in [0.4, 0.5) is 0 Å². The van der Waals surface area contributed by atoms with Crippen LogP contribution in [-0.2, 0) is 11.3 Å². The number of nitrogens with one attached hydrogen (secondary N) is 2. The number of hydrogen-bond acceptors (Lipinski definition) is 2. The maximum atomic E-state index is 5.62. The molecule has 0 spiro atoms. The molecule has 0 aromatic carbocycles. The van der Waals surface area contributed by atoms with Crippen molar-refractivity contribution in [3.8, 4) is 0 Å². The molecule has 0 bridgehead atoms. The Bertz CT molecular complexity index is 404. The van der Waals surface area contributed by atoms with E-state index in [1.54, 1.807) is 0 Å². The molecule has 5 nitrogen and oxygen atoms in total. The third-order valence-electron chi connectivity index (χ3n) is 3.44. The van der Waals surface area contributed by atoms with Crippen molar-refractivity contribution in [1.29, 1.82) is 0 Å². The first-order valence-electron chi connectivity index (χ1n) is 8.09. The molecule has 6 heteroatoms. The molecule has 1 fully saturated rings. The normalized spacial score (nSPS) is 14.5. The monoisotopic (exact) mass is 420 g/mol. The molecule has 0 saturated heterocycles. The molecule has 0 atom stereocenters. The Morgan fingerprint density at radius 1 is 1.27 bits per heavy atom. The SMILES string of the molecule is CCNC(=NCCCOCC1CC1)NCCn1cccc1.I. The zero-order valence-corrected chi connectivity index (χ0v) is 15.8. The molecule has 22 heavy (non-hydrogen) atoms. The molecule has 2 N–H and O–H groups in total. The average Bonchev–Trinajstić information content (AvgIpc) is 3.17. The van der Waals surface area contributed by atoms with Crippen LogP contribution in [0.5, 0.6) is 0 Å². The minimum atomic E-state index is 0. The molecule has 0 unspecified atom stereocenters. The summed E-state index contributed by atoms with van der Waals surface area (Å²) in [7, 11) is 0. The largest absolute Gasteiger partial charge is 0.381 e. The van der Waals surface area contributed by atoms with E-state index in [4.69, 9.17) is 4.74 Å². The molecule has 0 radical (unpaired) electrons. The second kappa shape index (κ2) is 11.8. The van der Waals surface area contributed by atoms with Crippen LogP contribution in [0.2, 0.25) is 0 Å². The summed E-state index contributed by atoms with van der Waals surface area (Å²) in [4.78, 5) is 4.57. The van der Waals surface area contributed by atoms with Crippen molar-refractivity contribution in [2.24, 2.45) is 10.9 Å². The lowest BCUT2D eigenvalue weighted by atomic mass is 10.4. The minimum absolute atomic E-state index is 0. The maximum Gasteiger partial charge on any atom is 0.191 e. The molecule has 1 heterocycles. The van der Waals surface area contributed by atoms with Crippen LogP contribution in [0.25, 0.3) is 0 Å². The van der Waals surface area contributed by atoms with Crippen LogP contribution in [0.3, 0.4) is 0 Å². The minimum Gasteiger partial charge on any atom is -0.381 e. The van der Waals surface area contributed by atoms with Crippen molar-refractivity contribution >= 4 is 29.9 Å². The van der Waals surface area contributed by atoms with Gasteiger partial charge < -0.3 is 19.9 Å². The van der Waals surface area contributed by atoms with Gasteiger partial charge in [0.2, 0.25) is 0 Å². The van der Waals surface area contributed by atoms with E-state index in [0.717, 1.165) is 57.7 Å². The maximum absolute atomic E-state index is 5.62. The van der Waals surface area contributed by atoms with Gasteiger partial charge in [-0.25, -0.2) is 0 Å². The predicted molar refractivity (Wildman–Crippen MR) is 102 cm³/mol. The first kappa shape index (κ1) is 19.3. The standard InChI is InChI=1S/C16H28N4O.HI/c1-2-17-16(19-9-12-20-10-3-4-11-20)18-8-5-13-21-14-15-6-7-15;/h3-4,10-11,15H,2,5-9,12-14H2,1H3,(H2,17,18,19);1H. The predicted octanol–water partition coefficient (Wildman–Crippen LogP) is 2.48. The van der Waals surface area contributed by atoms with Gasteiger partial charge in [0.1, 0.15) is 0 Å². The fraction of sp³-hybridized carbons (Fsp3) is 0.688. The lowest BCUT2D eigenvalue weighted by Crippen LogP contribution is -2.38. The summed E-state index contributed by atoms with van der Waals surface area (Å²) in [6.45, 7) is 7.36. The summed E-state index contributed by atoms with van der Waals surface area (Å²) in [5.74, 6) is 1.74. The van der Waals surface area contributed by atoms with Gasteiger partial charge in [-0.1, -0.05) is 0 Å². The average molecular weight is 420 g/mol. The second-order valence-corrected chi connectivity index (χ2v) is 5.48. The number of nitrogens with zero attached hydrogens (tertiary/aromatic N) is 2. The van der Waals surface area contributed by atoms with Crippen LogP contribution in [0.1, 0.15) is 26.2 Å². The quantitative estimate of drug-likeness (QED) is 0.265. The summed E-state index contributed by atoms with van der Waals surface area (Å²) in [5, 5.41) is 6.63. The van der Waals surface area contributed by atoms with E-state index in [1.807, 2.05) is 12.1 Å². The molecule has 0 amide bonds. The first-order chi connectivity index (χ1) is 10.4. The van der Waals surface area contributed by atoms with E-state index in [-0.39, 0.29) is 24.0 Å². The van der Waals surface area contributed by atoms with E-state index >= 15 is 0 Å². The Hall–Kier alpha value is -0.760. The molecule has 2 rings (SSSR count). The van der Waals surface area contributed by atoms with Gasteiger partial charge in [0.25, 0.3) is 0 Å². The molecule has 1 saturated carbocycles. The molecule has 1 aromatic rings. The van der Waals surface area contributed by atoms with Crippen LogP contribution < -0.4 is 10.6 Å². The Kier molecular flexibility index (Phi) is 10.3. The van der Waals surface area contributed by atoms with Gasteiger partial charge >= 0.3 is 0 Å². The summed E-state index contributed by atoms with van der Waals surface area (Å²) >= 11 is 0. The summed E-state index contributed by atoms with van der Waals surface area (Å²) in [6.07, 6.45) is 7.84. The van der Waals surface area contributed by atoms with Gasteiger partial charge in [0, 0.05) is 51.8 Å². The first-order valence-corrected chi connectivity index (χ1v) is 8.09. The van der Waals surface area contributed by atoms with Crippen molar-refractivity contribution in [2.75, 3.05) is 32.8 Å². The van der Waals surface area contributed by atoms with Crippen molar-refractivity contribution in [2.45, 2.75) is 32.7 Å². The van der Waals surface area contributed by atoms with E-state index < -0.39 is 0 Å². The second-order valence-electron chi connectivity index (χ2n) is 5.48. The molecule has 126 valence electrons. The Morgan fingerprint density at radius 3 is 2.73 bits per heavy atom. The highest BCUT2D eigenvalue weighted by Gasteiger charge is 2.20. The molecule has 1 aliphatic carbocycles. The van der Waals surface area contributed by atoms with Crippen LogP contribution in [0, 0.1) is 5.92 Å². The Labute approximate surface area is 150 Å². The summed E-state index contributed by atoms with van der Waals surface area (Å²) in [6, 6.07) is 4.09. The number of ether oxygens (including phenoxy) is 1. The summed E-state index contributed by atoms with van der Waals surface area (Å²) in [5.41, 5.74) is 0. The van der Waals surface area contributed by atoms with Crippen molar-refractivity contribution in [3.05, 3.63) is 24.5 Å². The zero-order chi connectivity index (χ0) is 14.8. The van der Waals surface area contributed by atoms with Crippen LogP contribution >= 0.6 is 24.0 Å². The van der Waals surface area contributed by atoms with Gasteiger partial charge in [0.05, 0.1) is 0 Å². The molecular weight excluding hydrogens is 391 g/mol. The van der Waals surface area contributed by atoms with Gasteiger partial charge in [-0.2, -0.15) is 0 Å². The lowest BCUT2D eigenvalue weighted by Gasteiger charge is -2.11. The highest BCUT2D eigenvalue weighted by Crippen LogP contribution is 2.28. The number of guanidine groups is 1. The number of aromatic nitrogens is 1. The van der Waals surface area contributed by atoms with Gasteiger partial charge in [-0.05, 0) is 44.2 Å². The molecular formula is C16H29IN4O. The van der Waals surface area contributed by atoms with Crippen molar-refractivity contribution < 1.29 is 4.74 Å². The number of rotatable bonds is 10. The van der Waals surface area contributed by atoms with E-state index in [0.29, 0.717) is 0 Å². The third-order valence-corrected chi connectivity index (χ3v) is 3.44. The van der Waals surface area contributed by atoms with Gasteiger partial charge in [0.15, 0.2) is 5.96 Å². The summed E-state index contributed by atoms with van der Waals surface area (Å²) < 4.78 is 7.77. The highest BCUT2D eigenvalue weighted by molar-refractivity contribution is 14.0. The fourth-order valence-electron chi connectivity index (χ4n) is 2.06. The van der Waals surface area contributed by atoms with Crippen LogP contribution in [0.15, 0.2) is 29.5 Å². The molecule has 1 aromatic heterocycles. The molecule has 1 aliphatic rings. The van der Waals surface area contributed by atoms with Crippen molar-refractivity contribution in [1.82, 2.24) is 15.2 Å². The number of hydrogen-bond donors (Lipinski definition) is 2. The van der Waals surface area contributed by atoms with Gasteiger partial charge in [-0.3, -0.25) is 4.99 Å². The zero-order valence-electron chi connectivity index (χ0n) is 13.5. The highest BCUT2D eigenvalue weighted by atomic mass is 127. The Balaban J connectivity index is 0.00000242. The number of aliphatic imine (C=N–C) groups is 1. The van der Waals surface area contributed by atoms with Gasteiger partial charge in [-0.15, -0.1) is 24.0 Å². The van der Waals surface area contributed by atoms with Crippen LogP contribution in [-0.4, -0.2) is 43.4 Å². The molecule has 0 aliphatic heterocycles. The van der Waals surface area contributed by atoms with E-state index in [2.05, 4.69) is 39.5 Å². The third kappa shape index (κ3) is 8.63. The smallest absolute Gasteiger partial charge is 0.191 e. The fourth-order valence-corrected chi connectivity index (χ4v) is 2.06. The topological polar surface area (TPSA) is 50.6 Å².